The summed E-state index contributed by atoms with van der Waals surface area (Å²) >= 11 is 6.81. The second-order valence-corrected chi connectivity index (χ2v) is 8.81. The predicted molar refractivity (Wildman–Crippen MR) is 128 cm³/mol. The van der Waals surface area contributed by atoms with Gasteiger partial charge >= 0.3 is 5.97 Å². The van der Waals surface area contributed by atoms with E-state index in [2.05, 4.69) is 37.3 Å². The van der Waals surface area contributed by atoms with Crippen LogP contribution in [0.2, 0.25) is 0 Å². The van der Waals surface area contributed by atoms with E-state index in [0.29, 0.717) is 25.8 Å². The summed E-state index contributed by atoms with van der Waals surface area (Å²) in [5.41, 5.74) is 4.72. The Morgan fingerprint density at radius 3 is 2.47 bits per heavy atom. The molecule has 1 N–H and O–H groups in total. The summed E-state index contributed by atoms with van der Waals surface area (Å²) < 4.78 is 6.83. The highest BCUT2D eigenvalue weighted by molar-refractivity contribution is 9.11. The molecule has 1 heterocycles. The van der Waals surface area contributed by atoms with Gasteiger partial charge in [-0.25, -0.2) is 9.80 Å². The van der Waals surface area contributed by atoms with Crippen LogP contribution in [0.4, 0.5) is 5.69 Å². The van der Waals surface area contributed by atoms with Crippen molar-refractivity contribution in [3.8, 4) is 5.75 Å². The number of nitrogens with zero attached hydrogens (tertiary/aromatic N) is 1. The van der Waals surface area contributed by atoms with E-state index in [1.54, 1.807) is 54.6 Å². The molecule has 0 aromatic heterocycles. The van der Waals surface area contributed by atoms with E-state index in [4.69, 9.17) is 4.74 Å². The molecular weight excluding hydrogens is 540 g/mol. The minimum Gasteiger partial charge on any atom is -0.421 e. The number of benzene rings is 3. The van der Waals surface area contributed by atoms with E-state index in [-0.39, 0.29) is 11.3 Å². The van der Waals surface area contributed by atoms with Gasteiger partial charge in [-0.2, -0.15) is 0 Å². The zero-order chi connectivity index (χ0) is 22.8. The lowest BCUT2D eigenvalue weighted by Gasteiger charge is -2.14. The number of halogens is 2. The fraction of sp³-hybridized carbons (Fsp3) is 0.0417. The number of hydrazine groups is 1. The average Bonchev–Trinajstić information content (AvgIpc) is 3.05. The van der Waals surface area contributed by atoms with Crippen LogP contribution < -0.4 is 15.2 Å². The van der Waals surface area contributed by atoms with Gasteiger partial charge in [0.15, 0.2) is 5.75 Å². The Hall–Kier alpha value is -3.23. The molecule has 0 saturated carbocycles. The smallest absolute Gasteiger partial charge is 0.343 e. The predicted octanol–water partition coefficient (Wildman–Crippen LogP) is 5.20. The van der Waals surface area contributed by atoms with Crippen LogP contribution in [0, 0.1) is 6.92 Å². The Labute approximate surface area is 201 Å². The minimum atomic E-state index is -0.551. The molecule has 3 aromatic rings. The average molecular weight is 556 g/mol. The molecule has 0 radical (unpaired) electrons. The summed E-state index contributed by atoms with van der Waals surface area (Å²) in [6, 6.07) is 19.2. The monoisotopic (exact) mass is 554 g/mol. The molecule has 0 unspecified atom stereocenters. The second kappa shape index (κ2) is 9.10. The molecular formula is C24H16Br2N2O4. The fourth-order valence-corrected chi connectivity index (χ4v) is 4.53. The lowest BCUT2D eigenvalue weighted by Crippen LogP contribution is -2.35. The number of anilines is 1. The number of carbonyl (C=O) groups is 3. The number of para-hydroxylation sites is 1. The molecule has 1 aliphatic heterocycles. The van der Waals surface area contributed by atoms with E-state index in [1.807, 2.05) is 19.1 Å². The molecule has 6 nitrogen and oxygen atoms in total. The molecule has 3 aromatic carbocycles. The first-order valence-electron chi connectivity index (χ1n) is 9.53. The molecule has 0 atom stereocenters. The van der Waals surface area contributed by atoms with Gasteiger partial charge < -0.3 is 4.74 Å². The topological polar surface area (TPSA) is 75.7 Å². The third-order valence-corrected chi connectivity index (χ3v) is 5.74. The summed E-state index contributed by atoms with van der Waals surface area (Å²) in [6.07, 6.45) is 1.41. The first-order valence-corrected chi connectivity index (χ1v) is 11.1. The third-order valence-electron chi connectivity index (χ3n) is 4.69. The molecule has 0 aliphatic carbocycles. The van der Waals surface area contributed by atoms with Crippen LogP contribution >= 0.6 is 31.9 Å². The Kier molecular flexibility index (Phi) is 6.25. The molecule has 2 amide bonds. The Bertz CT molecular complexity index is 1270. The van der Waals surface area contributed by atoms with Crippen LogP contribution in [-0.2, 0) is 9.59 Å². The van der Waals surface area contributed by atoms with Crippen molar-refractivity contribution in [1.82, 2.24) is 5.43 Å². The molecule has 0 bridgehead atoms. The van der Waals surface area contributed by atoms with Gasteiger partial charge in [0.2, 0.25) is 0 Å². The van der Waals surface area contributed by atoms with Crippen LogP contribution in [0.5, 0.6) is 5.75 Å². The van der Waals surface area contributed by atoms with Gasteiger partial charge in [0, 0.05) is 10.0 Å². The normalized spacial score (nSPS) is 14.6. The Morgan fingerprint density at radius 2 is 1.75 bits per heavy atom. The Morgan fingerprint density at radius 1 is 1.00 bits per heavy atom. The highest BCUT2D eigenvalue weighted by Crippen LogP contribution is 2.35. The van der Waals surface area contributed by atoms with Crippen LogP contribution in [0.25, 0.3) is 6.08 Å². The Balaban J connectivity index is 1.71. The molecule has 1 aliphatic rings. The van der Waals surface area contributed by atoms with Gasteiger partial charge in [0.25, 0.3) is 11.8 Å². The molecule has 1 fully saturated rings. The largest absolute Gasteiger partial charge is 0.421 e. The number of aryl methyl sites for hydroxylation is 1. The number of ether oxygens (including phenoxy) is 1. The van der Waals surface area contributed by atoms with Crippen molar-refractivity contribution in [2.75, 3.05) is 5.01 Å². The molecule has 8 heteroatoms. The zero-order valence-electron chi connectivity index (χ0n) is 16.8. The maximum Gasteiger partial charge on any atom is 0.343 e. The fourth-order valence-electron chi connectivity index (χ4n) is 3.19. The van der Waals surface area contributed by atoms with Crippen LogP contribution in [-0.4, -0.2) is 17.8 Å². The van der Waals surface area contributed by atoms with Crippen LogP contribution in [0.15, 0.2) is 81.2 Å². The SMILES string of the molecule is Cc1cccc(C(=O)Oc2c(Br)cc(Br)cc2/C=C2\C(=O)NN(c3ccccc3)C2=O)c1. The van der Waals surface area contributed by atoms with Crippen LogP contribution in [0.3, 0.4) is 0 Å². The van der Waals surface area contributed by atoms with Crippen molar-refractivity contribution >= 4 is 61.4 Å². The van der Waals surface area contributed by atoms with Gasteiger partial charge in [0.1, 0.15) is 5.57 Å². The summed E-state index contributed by atoms with van der Waals surface area (Å²) in [6.45, 7) is 1.88. The highest BCUT2D eigenvalue weighted by atomic mass is 79.9. The summed E-state index contributed by atoms with van der Waals surface area (Å²) in [4.78, 5) is 38.2. The zero-order valence-corrected chi connectivity index (χ0v) is 19.9. The van der Waals surface area contributed by atoms with Gasteiger partial charge in [-0.05, 0) is 65.3 Å². The number of carbonyl (C=O) groups excluding carboxylic acids is 3. The second-order valence-electron chi connectivity index (χ2n) is 7.04. The number of amides is 2. The van der Waals surface area contributed by atoms with Crippen LogP contribution in [0.1, 0.15) is 21.5 Å². The number of nitrogens with one attached hydrogen (secondary N) is 1. The van der Waals surface area contributed by atoms with Gasteiger partial charge in [0.05, 0.1) is 15.7 Å². The summed E-state index contributed by atoms with van der Waals surface area (Å²) in [5, 5.41) is 1.18. The number of rotatable bonds is 4. The first kappa shape index (κ1) is 22.0. The van der Waals surface area contributed by atoms with Gasteiger partial charge in [-0.1, -0.05) is 51.8 Å². The van der Waals surface area contributed by atoms with E-state index in [0.717, 1.165) is 5.56 Å². The number of hydrogen-bond donors (Lipinski definition) is 1. The van der Waals surface area contributed by atoms with Crippen molar-refractivity contribution in [1.29, 1.82) is 0 Å². The van der Waals surface area contributed by atoms with Gasteiger partial charge in [-0.15, -0.1) is 0 Å². The lowest BCUT2D eigenvalue weighted by atomic mass is 10.1. The van der Waals surface area contributed by atoms with Gasteiger partial charge in [-0.3, -0.25) is 15.0 Å². The maximum atomic E-state index is 12.9. The first-order chi connectivity index (χ1) is 15.3. The van der Waals surface area contributed by atoms with Crippen molar-refractivity contribution in [3.63, 3.8) is 0 Å². The summed E-state index contributed by atoms with van der Waals surface area (Å²) in [7, 11) is 0. The minimum absolute atomic E-state index is 0.0771. The molecule has 4 rings (SSSR count). The standard InChI is InChI=1S/C24H16Br2N2O4/c1-14-6-5-7-15(10-14)24(31)32-21-16(11-17(25)13-20(21)26)12-19-22(29)27-28(23(19)30)18-8-3-2-4-9-18/h2-13H,1H3,(H,27,29)/b19-12+. The number of esters is 1. The molecule has 0 spiro atoms. The van der Waals surface area contributed by atoms with Crippen molar-refractivity contribution in [3.05, 3.63) is 97.9 Å². The van der Waals surface area contributed by atoms with E-state index >= 15 is 0 Å². The van der Waals surface area contributed by atoms with E-state index in [9.17, 15) is 14.4 Å². The quantitative estimate of drug-likeness (QED) is 0.208. The molecule has 32 heavy (non-hydrogen) atoms. The van der Waals surface area contributed by atoms with Crippen molar-refractivity contribution in [2.24, 2.45) is 0 Å². The maximum absolute atomic E-state index is 12.9. The lowest BCUT2D eigenvalue weighted by molar-refractivity contribution is -0.117. The van der Waals surface area contributed by atoms with E-state index in [1.165, 1.54) is 11.1 Å². The molecule has 160 valence electrons. The summed E-state index contributed by atoms with van der Waals surface area (Å²) in [5.74, 6) is -1.41. The highest BCUT2D eigenvalue weighted by Gasteiger charge is 2.34. The van der Waals surface area contributed by atoms with Crippen molar-refractivity contribution < 1.29 is 19.1 Å². The van der Waals surface area contributed by atoms with Crippen molar-refractivity contribution in [2.45, 2.75) is 6.92 Å². The molecule has 1 saturated heterocycles. The van der Waals surface area contributed by atoms with E-state index < -0.39 is 17.8 Å². The number of hydrogen-bond acceptors (Lipinski definition) is 4. The third kappa shape index (κ3) is 4.51.